The summed E-state index contributed by atoms with van der Waals surface area (Å²) < 4.78 is 4.95. The van der Waals surface area contributed by atoms with Crippen LogP contribution in [0.1, 0.15) is 6.42 Å². The molecule has 0 aromatic heterocycles. The van der Waals surface area contributed by atoms with Gasteiger partial charge < -0.3 is 25.4 Å². The molecule has 1 saturated heterocycles. The minimum atomic E-state index is -1.22. The van der Waals surface area contributed by atoms with Crippen molar-refractivity contribution in [3.8, 4) is 0 Å². The minimum absolute atomic E-state index is 0.0472. The van der Waals surface area contributed by atoms with Gasteiger partial charge in [0.1, 0.15) is 6.04 Å². The Morgan fingerprint density at radius 2 is 2.11 bits per heavy atom. The van der Waals surface area contributed by atoms with Crippen molar-refractivity contribution >= 4 is 12.0 Å². The highest BCUT2D eigenvalue weighted by Gasteiger charge is 2.38. The molecule has 0 radical (unpaired) electrons. The molecule has 0 aliphatic carbocycles. The van der Waals surface area contributed by atoms with Gasteiger partial charge in [-0.2, -0.15) is 0 Å². The topological polar surface area (TPSA) is 119 Å². The standard InChI is InChI=1S/C10H18N2O6/c13-2-4-18-3-1-11-9(15)8-5-7(14)6-12(8)10(16)17/h7-8,13-14H,1-6H2,(H,11,15)(H,16,17)/t7-,8+/m1/s1. The van der Waals surface area contributed by atoms with Gasteiger partial charge in [0.25, 0.3) is 0 Å². The zero-order valence-corrected chi connectivity index (χ0v) is 9.91. The first-order chi connectivity index (χ1) is 8.56. The van der Waals surface area contributed by atoms with Gasteiger partial charge in [0, 0.05) is 13.0 Å². The highest BCUT2D eigenvalue weighted by molar-refractivity contribution is 5.85. The number of nitrogens with zero attached hydrogens (tertiary/aromatic N) is 1. The van der Waals surface area contributed by atoms with Gasteiger partial charge in [-0.25, -0.2) is 4.79 Å². The Kier molecular flexibility index (Phi) is 5.83. The SMILES string of the molecule is O=C(NCCOCCO)[C@@H]1C[C@@H](O)CN1C(=O)O. The van der Waals surface area contributed by atoms with Crippen LogP contribution in [0.3, 0.4) is 0 Å². The van der Waals surface area contributed by atoms with Gasteiger partial charge >= 0.3 is 6.09 Å². The molecular weight excluding hydrogens is 244 g/mol. The summed E-state index contributed by atoms with van der Waals surface area (Å²) in [4.78, 5) is 23.5. The lowest BCUT2D eigenvalue weighted by Crippen LogP contribution is -2.46. The molecule has 1 aliphatic rings. The zero-order valence-electron chi connectivity index (χ0n) is 9.91. The second-order valence-corrected chi connectivity index (χ2v) is 3.97. The van der Waals surface area contributed by atoms with Crippen molar-refractivity contribution in [2.45, 2.75) is 18.6 Å². The molecule has 8 heteroatoms. The lowest BCUT2D eigenvalue weighted by Gasteiger charge is -2.20. The second-order valence-electron chi connectivity index (χ2n) is 3.97. The average molecular weight is 262 g/mol. The number of carbonyl (C=O) groups is 2. The highest BCUT2D eigenvalue weighted by Crippen LogP contribution is 2.17. The van der Waals surface area contributed by atoms with Crippen molar-refractivity contribution in [3.05, 3.63) is 0 Å². The normalized spacial score (nSPS) is 23.1. The smallest absolute Gasteiger partial charge is 0.408 e. The molecule has 0 spiro atoms. The van der Waals surface area contributed by atoms with Crippen LogP contribution >= 0.6 is 0 Å². The monoisotopic (exact) mass is 262 g/mol. The molecule has 0 saturated carbocycles. The van der Waals surface area contributed by atoms with Crippen molar-refractivity contribution in [2.75, 3.05) is 32.9 Å². The molecule has 2 amide bonds. The molecule has 0 unspecified atom stereocenters. The number of aliphatic hydroxyl groups excluding tert-OH is 2. The maximum atomic E-state index is 11.7. The fraction of sp³-hybridized carbons (Fsp3) is 0.800. The number of hydrogen-bond donors (Lipinski definition) is 4. The van der Waals surface area contributed by atoms with Crippen molar-refractivity contribution < 1.29 is 29.6 Å². The second kappa shape index (κ2) is 7.14. The van der Waals surface area contributed by atoms with Gasteiger partial charge in [-0.15, -0.1) is 0 Å². The predicted octanol–water partition coefficient (Wildman–Crippen LogP) is -1.78. The van der Waals surface area contributed by atoms with Crippen LogP contribution < -0.4 is 5.32 Å². The van der Waals surface area contributed by atoms with E-state index in [0.717, 1.165) is 4.90 Å². The van der Waals surface area contributed by atoms with Crippen LogP contribution in [-0.4, -0.2) is 77.3 Å². The van der Waals surface area contributed by atoms with Gasteiger partial charge in [-0.1, -0.05) is 0 Å². The fourth-order valence-corrected chi connectivity index (χ4v) is 1.80. The summed E-state index contributed by atoms with van der Waals surface area (Å²) in [6.45, 7) is 0.538. The molecule has 4 N–H and O–H groups in total. The van der Waals surface area contributed by atoms with Gasteiger partial charge in [-0.3, -0.25) is 9.69 Å². The predicted molar refractivity (Wildman–Crippen MR) is 60.1 cm³/mol. The van der Waals surface area contributed by atoms with Crippen LogP contribution in [-0.2, 0) is 9.53 Å². The van der Waals surface area contributed by atoms with E-state index < -0.39 is 24.1 Å². The number of amides is 2. The first-order valence-electron chi connectivity index (χ1n) is 5.70. The van der Waals surface area contributed by atoms with E-state index in [1.807, 2.05) is 0 Å². The third kappa shape index (κ3) is 4.13. The first-order valence-corrected chi connectivity index (χ1v) is 5.70. The number of ether oxygens (including phenoxy) is 1. The van der Waals surface area contributed by atoms with E-state index in [0.29, 0.717) is 0 Å². The van der Waals surface area contributed by atoms with Gasteiger partial charge in [0.15, 0.2) is 0 Å². The Bertz CT molecular complexity index is 298. The zero-order chi connectivity index (χ0) is 13.5. The number of carboxylic acid groups (broad SMARTS) is 1. The van der Waals surface area contributed by atoms with Crippen molar-refractivity contribution in [1.82, 2.24) is 10.2 Å². The number of likely N-dealkylation sites (tertiary alicyclic amines) is 1. The molecule has 0 aromatic rings. The summed E-state index contributed by atoms with van der Waals surface area (Å²) in [5, 5.41) is 29.2. The van der Waals surface area contributed by atoms with E-state index in [1.54, 1.807) is 0 Å². The van der Waals surface area contributed by atoms with E-state index in [-0.39, 0.29) is 39.3 Å². The van der Waals surface area contributed by atoms with Crippen LogP contribution in [0, 0.1) is 0 Å². The third-order valence-electron chi connectivity index (χ3n) is 2.61. The van der Waals surface area contributed by atoms with Gasteiger partial charge in [0.05, 0.1) is 32.5 Å². The summed E-state index contributed by atoms with van der Waals surface area (Å²) in [6.07, 6.45) is -1.92. The Morgan fingerprint density at radius 1 is 1.39 bits per heavy atom. The molecule has 104 valence electrons. The Balaban J connectivity index is 2.33. The van der Waals surface area contributed by atoms with E-state index in [1.165, 1.54) is 0 Å². The minimum Gasteiger partial charge on any atom is -0.465 e. The van der Waals surface area contributed by atoms with Crippen molar-refractivity contribution in [3.63, 3.8) is 0 Å². The number of β-amino-alcohol motifs (C(OH)–C–C–N with tert-alkyl or cyclic N) is 1. The summed E-state index contributed by atoms with van der Waals surface area (Å²) in [7, 11) is 0. The van der Waals surface area contributed by atoms with Crippen LogP contribution in [0.25, 0.3) is 0 Å². The maximum absolute atomic E-state index is 11.7. The largest absolute Gasteiger partial charge is 0.465 e. The number of hydrogen-bond acceptors (Lipinski definition) is 5. The molecular formula is C10H18N2O6. The number of aliphatic hydroxyl groups is 2. The molecule has 0 aromatic carbocycles. The van der Waals surface area contributed by atoms with Crippen molar-refractivity contribution in [2.24, 2.45) is 0 Å². The summed E-state index contributed by atoms with van der Waals surface area (Å²) in [5.41, 5.74) is 0. The van der Waals surface area contributed by atoms with E-state index in [9.17, 15) is 14.7 Å². The van der Waals surface area contributed by atoms with Gasteiger partial charge in [0.2, 0.25) is 5.91 Å². The van der Waals surface area contributed by atoms with E-state index in [2.05, 4.69) is 5.32 Å². The lowest BCUT2D eigenvalue weighted by molar-refractivity contribution is -0.125. The molecule has 1 fully saturated rings. The van der Waals surface area contributed by atoms with Crippen LogP contribution in [0.5, 0.6) is 0 Å². The number of carbonyl (C=O) groups excluding carboxylic acids is 1. The van der Waals surface area contributed by atoms with Crippen LogP contribution in [0.15, 0.2) is 0 Å². The molecule has 18 heavy (non-hydrogen) atoms. The first kappa shape index (κ1) is 14.7. The maximum Gasteiger partial charge on any atom is 0.408 e. The molecule has 8 nitrogen and oxygen atoms in total. The summed E-state index contributed by atoms with van der Waals surface area (Å²) >= 11 is 0. The molecule has 0 bridgehead atoms. The summed E-state index contributed by atoms with van der Waals surface area (Å²) in [6, 6.07) is -0.852. The van der Waals surface area contributed by atoms with E-state index >= 15 is 0 Å². The molecule has 1 aliphatic heterocycles. The number of nitrogens with one attached hydrogen (secondary N) is 1. The Labute approximate surface area is 104 Å². The number of rotatable bonds is 6. The lowest BCUT2D eigenvalue weighted by atomic mass is 10.2. The fourth-order valence-electron chi connectivity index (χ4n) is 1.80. The van der Waals surface area contributed by atoms with Crippen LogP contribution in [0.4, 0.5) is 4.79 Å². The average Bonchev–Trinajstić information content (AvgIpc) is 2.71. The molecule has 1 rings (SSSR count). The quantitative estimate of drug-likeness (QED) is 0.420. The van der Waals surface area contributed by atoms with Gasteiger partial charge in [-0.05, 0) is 0 Å². The molecule has 2 atom stereocenters. The summed E-state index contributed by atoms with van der Waals surface area (Å²) in [5.74, 6) is -0.443. The Morgan fingerprint density at radius 3 is 2.72 bits per heavy atom. The van der Waals surface area contributed by atoms with Crippen LogP contribution in [0.2, 0.25) is 0 Å². The van der Waals surface area contributed by atoms with Crippen molar-refractivity contribution in [1.29, 1.82) is 0 Å². The Hall–Kier alpha value is -1.38. The van der Waals surface area contributed by atoms with E-state index in [4.69, 9.17) is 14.9 Å². The molecule has 1 heterocycles. The third-order valence-corrected chi connectivity index (χ3v) is 2.61. The highest BCUT2D eigenvalue weighted by atomic mass is 16.5.